The van der Waals surface area contributed by atoms with Crippen LogP contribution in [0.2, 0.25) is 0 Å². The first-order valence-electron chi connectivity index (χ1n) is 9.01. The van der Waals surface area contributed by atoms with Gasteiger partial charge in [0.2, 0.25) is 5.91 Å². The van der Waals surface area contributed by atoms with E-state index < -0.39 is 79.1 Å². The Bertz CT molecular complexity index is 705. The molecule has 18 heteroatoms. The van der Waals surface area contributed by atoms with E-state index in [4.69, 9.17) is 0 Å². The minimum atomic E-state index is -8.39. The first-order chi connectivity index (χ1) is 14.8. The molecule has 0 aromatic rings. The van der Waals surface area contributed by atoms with Crippen molar-refractivity contribution >= 4 is 5.91 Å². The molecule has 1 amide bonds. The molecule has 0 aliphatic heterocycles. The normalized spacial score (nSPS) is 16.1. The highest BCUT2D eigenvalue weighted by atomic mass is 19.4. The lowest BCUT2D eigenvalue weighted by Crippen LogP contribution is -2.73. The van der Waals surface area contributed by atoms with Crippen molar-refractivity contribution in [2.45, 2.75) is 81.0 Å². The first-order valence-corrected chi connectivity index (χ1v) is 9.01. The number of alkyl halides is 16. The van der Waals surface area contributed by atoms with Crippen LogP contribution in [-0.4, -0.2) is 60.3 Å². The number of carbonyl (C=O) groups is 1. The molecule has 0 rings (SSSR count). The SMILES string of the molecule is CCC(C)C(=O)NCCCC(F)(F)C(F)(F)C(F)(F)C(F)(F)C(F)(F)C(F)(F)C(F)(F)C(F)F. The van der Waals surface area contributed by atoms with Crippen LogP contribution in [0.4, 0.5) is 70.2 Å². The summed E-state index contributed by atoms with van der Waals surface area (Å²) < 4.78 is 211. The van der Waals surface area contributed by atoms with Crippen molar-refractivity contribution in [1.29, 1.82) is 0 Å². The summed E-state index contributed by atoms with van der Waals surface area (Å²) >= 11 is 0. The molecule has 1 atom stereocenters. The fraction of sp³-hybridized carbons (Fsp3) is 0.938. The van der Waals surface area contributed by atoms with Crippen LogP contribution in [0, 0.1) is 5.92 Å². The summed E-state index contributed by atoms with van der Waals surface area (Å²) in [5.41, 5.74) is 0. The van der Waals surface area contributed by atoms with Gasteiger partial charge in [0.05, 0.1) is 0 Å². The molecule has 0 aliphatic carbocycles. The molecule has 0 aromatic heterocycles. The van der Waals surface area contributed by atoms with Crippen LogP contribution < -0.4 is 5.32 Å². The summed E-state index contributed by atoms with van der Waals surface area (Å²) in [5, 5.41) is 1.87. The highest BCUT2D eigenvalue weighted by Crippen LogP contribution is 2.63. The summed E-state index contributed by atoms with van der Waals surface area (Å²) in [7, 11) is 0. The minimum absolute atomic E-state index is 0.213. The molecule has 0 saturated heterocycles. The smallest absolute Gasteiger partial charge is 0.356 e. The Hall–Kier alpha value is -1.65. The van der Waals surface area contributed by atoms with E-state index in [9.17, 15) is 75.0 Å². The van der Waals surface area contributed by atoms with Gasteiger partial charge in [-0.1, -0.05) is 13.8 Å². The maximum atomic E-state index is 13.6. The van der Waals surface area contributed by atoms with Crippen molar-refractivity contribution in [2.24, 2.45) is 5.92 Å². The van der Waals surface area contributed by atoms with Gasteiger partial charge in [-0.2, -0.15) is 61.5 Å². The molecule has 1 unspecified atom stereocenters. The average Bonchev–Trinajstić information content (AvgIpc) is 2.69. The Labute approximate surface area is 181 Å². The van der Waals surface area contributed by atoms with Crippen molar-refractivity contribution in [1.82, 2.24) is 5.32 Å². The second kappa shape index (κ2) is 9.78. The molecule has 0 heterocycles. The van der Waals surface area contributed by atoms with E-state index >= 15 is 0 Å². The number of hydrogen-bond donors (Lipinski definition) is 1. The first kappa shape index (κ1) is 32.4. The van der Waals surface area contributed by atoms with E-state index in [0.717, 1.165) is 0 Å². The van der Waals surface area contributed by atoms with Gasteiger partial charge in [-0.3, -0.25) is 4.79 Å². The van der Waals surface area contributed by atoms with Crippen molar-refractivity contribution in [3.05, 3.63) is 0 Å². The predicted octanol–water partition coefficient (Wildman–Crippen LogP) is 6.64. The van der Waals surface area contributed by atoms with E-state index in [-0.39, 0.29) is 6.42 Å². The fourth-order valence-electron chi connectivity index (χ4n) is 2.21. The number of nitrogens with one attached hydrogen (secondary N) is 1. The van der Waals surface area contributed by atoms with Gasteiger partial charge in [-0.15, -0.1) is 0 Å². The molecular weight excluding hydrogens is 526 g/mol. The average molecular weight is 543 g/mol. The number of rotatable bonds is 13. The molecule has 204 valence electrons. The van der Waals surface area contributed by atoms with Crippen LogP contribution in [0.15, 0.2) is 0 Å². The van der Waals surface area contributed by atoms with E-state index in [1.54, 1.807) is 0 Å². The van der Waals surface area contributed by atoms with Gasteiger partial charge in [-0.05, 0) is 12.8 Å². The van der Waals surface area contributed by atoms with Crippen LogP contribution in [0.1, 0.15) is 33.1 Å². The molecule has 2 nitrogen and oxygen atoms in total. The molecule has 0 spiro atoms. The lowest BCUT2D eigenvalue weighted by atomic mass is 9.88. The number of carbonyl (C=O) groups excluding carboxylic acids is 1. The third-order valence-corrected chi connectivity index (χ3v) is 4.76. The van der Waals surface area contributed by atoms with Crippen LogP contribution in [0.5, 0.6) is 0 Å². The van der Waals surface area contributed by atoms with Gasteiger partial charge < -0.3 is 5.32 Å². The summed E-state index contributed by atoms with van der Waals surface area (Å²) in [4.78, 5) is 11.4. The molecule has 0 bridgehead atoms. The molecule has 34 heavy (non-hydrogen) atoms. The third kappa shape index (κ3) is 4.99. The van der Waals surface area contributed by atoms with Gasteiger partial charge in [0.25, 0.3) is 0 Å². The minimum Gasteiger partial charge on any atom is -0.356 e. The van der Waals surface area contributed by atoms with Crippen molar-refractivity contribution in [3.63, 3.8) is 0 Å². The van der Waals surface area contributed by atoms with Crippen molar-refractivity contribution < 1.29 is 75.0 Å². The summed E-state index contributed by atoms with van der Waals surface area (Å²) in [5.74, 6) is -55.9. The predicted molar refractivity (Wildman–Crippen MR) is 82.3 cm³/mol. The maximum Gasteiger partial charge on any atom is 0.384 e. The molecule has 0 radical (unpaired) electrons. The number of amides is 1. The lowest BCUT2D eigenvalue weighted by Gasteiger charge is -2.42. The monoisotopic (exact) mass is 543 g/mol. The van der Waals surface area contributed by atoms with Gasteiger partial charge >= 0.3 is 47.9 Å². The molecule has 0 saturated carbocycles. The van der Waals surface area contributed by atoms with Gasteiger partial charge in [0.1, 0.15) is 0 Å². The van der Waals surface area contributed by atoms with Gasteiger partial charge in [-0.25, -0.2) is 8.78 Å². The van der Waals surface area contributed by atoms with Crippen molar-refractivity contribution in [2.75, 3.05) is 6.54 Å². The third-order valence-electron chi connectivity index (χ3n) is 4.76. The Morgan fingerprint density at radius 3 is 1.47 bits per heavy atom. The summed E-state index contributed by atoms with van der Waals surface area (Å²) in [6, 6.07) is 0. The lowest BCUT2D eigenvalue weighted by molar-refractivity contribution is -0.447. The molecule has 0 aromatic carbocycles. The van der Waals surface area contributed by atoms with E-state index in [1.807, 2.05) is 5.32 Å². The van der Waals surface area contributed by atoms with E-state index in [0.29, 0.717) is 0 Å². The molecular formula is C16H17F16NO. The molecule has 0 aliphatic rings. The maximum absolute atomic E-state index is 13.6. The standard InChI is InChI=1S/C16H17F16NO/c1-3-7(2)8(34)33-6-4-5-10(19,20)12(23,24)14(27,28)16(31,32)15(29,30)13(25,26)11(21,22)9(17)18/h7,9H,3-6H2,1-2H3,(H,33,34). The number of hydrogen-bond acceptors (Lipinski definition) is 1. The van der Waals surface area contributed by atoms with Crippen LogP contribution in [0.25, 0.3) is 0 Å². The molecule has 0 fully saturated rings. The van der Waals surface area contributed by atoms with Crippen molar-refractivity contribution in [3.8, 4) is 0 Å². The van der Waals surface area contributed by atoms with E-state index in [1.165, 1.54) is 13.8 Å². The Morgan fingerprint density at radius 1 is 0.706 bits per heavy atom. The molecule has 1 N–H and O–H groups in total. The Morgan fingerprint density at radius 2 is 1.09 bits per heavy atom. The van der Waals surface area contributed by atoms with Crippen LogP contribution in [-0.2, 0) is 4.79 Å². The summed E-state index contributed by atoms with van der Waals surface area (Å²) in [6.45, 7) is 1.90. The van der Waals surface area contributed by atoms with E-state index in [2.05, 4.69) is 0 Å². The largest absolute Gasteiger partial charge is 0.384 e. The highest BCUT2D eigenvalue weighted by Gasteiger charge is 2.93. The van der Waals surface area contributed by atoms with Crippen LogP contribution >= 0.6 is 0 Å². The zero-order chi connectivity index (χ0) is 27.8. The second-order valence-corrected chi connectivity index (χ2v) is 7.20. The summed E-state index contributed by atoms with van der Waals surface area (Å²) in [6.07, 6.45) is -9.50. The second-order valence-electron chi connectivity index (χ2n) is 7.20. The quantitative estimate of drug-likeness (QED) is 0.205. The fourth-order valence-corrected chi connectivity index (χ4v) is 2.21. The van der Waals surface area contributed by atoms with Gasteiger partial charge in [0, 0.05) is 18.9 Å². The number of halogens is 16. The zero-order valence-corrected chi connectivity index (χ0v) is 16.9. The zero-order valence-electron chi connectivity index (χ0n) is 16.9. The highest BCUT2D eigenvalue weighted by molar-refractivity contribution is 5.78. The topological polar surface area (TPSA) is 29.1 Å². The Balaban J connectivity index is 6.00. The Kier molecular flexibility index (Phi) is 9.30. The van der Waals surface area contributed by atoms with Crippen LogP contribution in [0.3, 0.4) is 0 Å². The van der Waals surface area contributed by atoms with Gasteiger partial charge in [0.15, 0.2) is 0 Å².